The van der Waals surface area contributed by atoms with Gasteiger partial charge in [-0.1, -0.05) is 36.4 Å². The lowest BCUT2D eigenvalue weighted by molar-refractivity contribution is 1.47. The van der Waals surface area contributed by atoms with E-state index in [2.05, 4.69) is 47.2 Å². The minimum Gasteiger partial charge on any atom is -0.192 e. The molecule has 0 aliphatic heterocycles. The van der Waals surface area contributed by atoms with E-state index < -0.39 is 0 Å². The van der Waals surface area contributed by atoms with Crippen LogP contribution in [0.5, 0.6) is 0 Å². The molecule has 2 nitrogen and oxygen atoms in total. The zero-order chi connectivity index (χ0) is 19.1. The summed E-state index contributed by atoms with van der Waals surface area (Å²) in [6.45, 7) is 0. The molecular weight excluding hydrogens is 380 g/mol. The van der Waals surface area contributed by atoms with Gasteiger partial charge in [-0.2, -0.15) is 10.5 Å². The topological polar surface area (TPSA) is 47.6 Å². The van der Waals surface area contributed by atoms with Crippen LogP contribution in [0, 0.1) is 22.7 Å². The predicted molar refractivity (Wildman–Crippen MR) is 118 cm³/mol. The molecule has 130 valence electrons. The smallest absolute Gasteiger partial charge is 0.101 e. The molecule has 0 fully saturated rings. The fourth-order valence-corrected chi connectivity index (χ4v) is 5.11. The van der Waals surface area contributed by atoms with Gasteiger partial charge in [0.15, 0.2) is 0 Å². The highest BCUT2D eigenvalue weighted by atomic mass is 32.1. The normalized spacial score (nSPS) is 10.8. The van der Waals surface area contributed by atoms with Crippen LogP contribution in [0.25, 0.3) is 42.4 Å². The van der Waals surface area contributed by atoms with Crippen molar-refractivity contribution in [1.29, 1.82) is 10.5 Å². The Morgan fingerprint density at radius 1 is 0.571 bits per heavy atom. The van der Waals surface area contributed by atoms with Crippen LogP contribution in [0.4, 0.5) is 0 Å². The lowest BCUT2D eigenvalue weighted by Gasteiger charge is -2.12. The third kappa shape index (κ3) is 2.52. The van der Waals surface area contributed by atoms with Crippen LogP contribution >= 0.6 is 22.7 Å². The van der Waals surface area contributed by atoms with Crippen molar-refractivity contribution in [2.45, 2.75) is 0 Å². The maximum absolute atomic E-state index is 9.77. The summed E-state index contributed by atoms with van der Waals surface area (Å²) in [7, 11) is 0. The van der Waals surface area contributed by atoms with E-state index in [1.165, 1.54) is 9.75 Å². The second-order valence-corrected chi connectivity index (χ2v) is 8.34. The quantitative estimate of drug-likeness (QED) is 0.298. The summed E-state index contributed by atoms with van der Waals surface area (Å²) in [4.78, 5) is 2.37. The molecule has 0 atom stereocenters. The Morgan fingerprint density at radius 2 is 1.04 bits per heavy atom. The number of fused-ring (bicyclic) bond motifs is 3. The monoisotopic (exact) mass is 392 g/mol. The first kappa shape index (κ1) is 16.7. The number of thiophene rings is 2. The molecule has 5 aromatic rings. The molecule has 0 radical (unpaired) electrons. The lowest BCUT2D eigenvalue weighted by Crippen LogP contribution is -1.92. The van der Waals surface area contributed by atoms with Gasteiger partial charge < -0.3 is 0 Å². The largest absolute Gasteiger partial charge is 0.192 e. The highest BCUT2D eigenvalue weighted by Gasteiger charge is 2.16. The summed E-state index contributed by atoms with van der Waals surface area (Å²) in [5, 5.41) is 27.3. The summed E-state index contributed by atoms with van der Waals surface area (Å²) in [6.07, 6.45) is 0. The molecule has 0 N–H and O–H groups in total. The van der Waals surface area contributed by atoms with Gasteiger partial charge in [0.2, 0.25) is 0 Å². The van der Waals surface area contributed by atoms with Crippen molar-refractivity contribution in [3.63, 3.8) is 0 Å². The molecule has 0 bridgehead atoms. The van der Waals surface area contributed by atoms with Crippen LogP contribution in [-0.2, 0) is 0 Å². The van der Waals surface area contributed by atoms with Crippen LogP contribution in [0.2, 0.25) is 0 Å². The zero-order valence-corrected chi connectivity index (χ0v) is 16.3. The lowest BCUT2D eigenvalue weighted by atomic mass is 9.90. The third-order valence-corrected chi connectivity index (χ3v) is 6.79. The van der Waals surface area contributed by atoms with E-state index in [0.29, 0.717) is 11.1 Å². The number of rotatable bonds is 2. The Labute approximate surface area is 170 Å². The van der Waals surface area contributed by atoms with Gasteiger partial charge in [0.1, 0.15) is 12.1 Å². The van der Waals surface area contributed by atoms with Crippen LogP contribution in [0.15, 0.2) is 71.4 Å². The summed E-state index contributed by atoms with van der Waals surface area (Å²) < 4.78 is 0. The SMILES string of the molecule is N#Cc1c(C#N)c2ccc(-c3cccs3)cc2c2cc(-c3cccs3)ccc12. The van der Waals surface area contributed by atoms with Gasteiger partial charge >= 0.3 is 0 Å². The Hall–Kier alpha value is -3.44. The average Bonchev–Trinajstić information content (AvgIpc) is 3.46. The third-order valence-electron chi connectivity index (χ3n) is 4.95. The second kappa shape index (κ2) is 6.62. The molecule has 3 aromatic carbocycles. The second-order valence-electron chi connectivity index (χ2n) is 6.45. The Balaban J connectivity index is 1.93. The van der Waals surface area contributed by atoms with Gasteiger partial charge in [0.25, 0.3) is 0 Å². The van der Waals surface area contributed by atoms with Crippen molar-refractivity contribution in [1.82, 2.24) is 0 Å². The van der Waals surface area contributed by atoms with Crippen LogP contribution in [-0.4, -0.2) is 0 Å². The summed E-state index contributed by atoms with van der Waals surface area (Å²) >= 11 is 3.39. The fraction of sp³-hybridized carbons (Fsp3) is 0. The predicted octanol–water partition coefficient (Wildman–Crippen LogP) is 7.19. The van der Waals surface area contributed by atoms with Crippen LogP contribution < -0.4 is 0 Å². The molecule has 0 amide bonds. The van der Waals surface area contributed by atoms with Crippen molar-refractivity contribution in [2.75, 3.05) is 0 Å². The number of nitrogens with zero attached hydrogens (tertiary/aromatic N) is 2. The molecular formula is C24H12N2S2. The van der Waals surface area contributed by atoms with Gasteiger partial charge in [-0.15, -0.1) is 22.7 Å². The molecule has 0 aliphatic rings. The minimum absolute atomic E-state index is 0.451. The maximum Gasteiger partial charge on any atom is 0.101 e. The zero-order valence-electron chi connectivity index (χ0n) is 14.6. The molecule has 5 rings (SSSR count). The summed E-state index contributed by atoms with van der Waals surface area (Å²) in [6, 6.07) is 25.1. The molecule has 0 spiro atoms. The molecule has 4 heteroatoms. The molecule has 2 heterocycles. The van der Waals surface area contributed by atoms with Gasteiger partial charge in [-0.3, -0.25) is 0 Å². The highest BCUT2D eigenvalue weighted by Crippen LogP contribution is 2.38. The average molecular weight is 393 g/mol. The maximum atomic E-state index is 9.77. The molecule has 2 aromatic heterocycles. The number of nitriles is 2. The van der Waals surface area contributed by atoms with Gasteiger partial charge in [0, 0.05) is 20.5 Å². The van der Waals surface area contributed by atoms with Crippen LogP contribution in [0.3, 0.4) is 0 Å². The molecule has 28 heavy (non-hydrogen) atoms. The van der Waals surface area contributed by atoms with E-state index in [-0.39, 0.29) is 0 Å². The van der Waals surface area contributed by atoms with Crippen molar-refractivity contribution >= 4 is 44.2 Å². The summed E-state index contributed by atoms with van der Waals surface area (Å²) in [5.74, 6) is 0. The number of hydrogen-bond acceptors (Lipinski definition) is 4. The van der Waals surface area contributed by atoms with E-state index in [4.69, 9.17) is 0 Å². The van der Waals surface area contributed by atoms with E-state index in [9.17, 15) is 10.5 Å². The first-order valence-electron chi connectivity index (χ1n) is 8.71. The summed E-state index contributed by atoms with van der Waals surface area (Å²) in [5.41, 5.74) is 3.15. The molecule has 0 saturated carbocycles. The van der Waals surface area contributed by atoms with Gasteiger partial charge in [-0.25, -0.2) is 0 Å². The minimum atomic E-state index is 0.451. The first-order valence-corrected chi connectivity index (χ1v) is 10.5. The Bertz CT molecular complexity index is 1300. The Morgan fingerprint density at radius 3 is 1.39 bits per heavy atom. The first-order chi connectivity index (χ1) is 13.8. The molecule has 0 unspecified atom stereocenters. The van der Waals surface area contributed by atoms with Gasteiger partial charge in [-0.05, 0) is 56.9 Å². The van der Waals surface area contributed by atoms with Crippen molar-refractivity contribution in [3.05, 3.63) is 82.6 Å². The van der Waals surface area contributed by atoms with Crippen LogP contribution in [0.1, 0.15) is 11.1 Å². The van der Waals surface area contributed by atoms with E-state index in [0.717, 1.165) is 32.7 Å². The van der Waals surface area contributed by atoms with Crippen molar-refractivity contribution in [2.24, 2.45) is 0 Å². The van der Waals surface area contributed by atoms with Gasteiger partial charge in [0.05, 0.1) is 11.1 Å². The van der Waals surface area contributed by atoms with E-state index in [1.807, 2.05) is 36.4 Å². The van der Waals surface area contributed by atoms with E-state index in [1.54, 1.807) is 22.7 Å². The molecule has 0 aliphatic carbocycles. The van der Waals surface area contributed by atoms with Crippen molar-refractivity contribution in [3.8, 4) is 33.0 Å². The Kier molecular flexibility index (Phi) is 3.95. The standard InChI is InChI=1S/C24H12N2S2/c25-13-21-17-7-5-15(23-3-1-9-27-23)11-19(17)20-12-16(24-4-2-10-28-24)6-8-18(20)22(21)14-26/h1-12H. The number of benzene rings is 3. The number of hydrogen-bond donors (Lipinski definition) is 0. The fourth-order valence-electron chi connectivity index (χ4n) is 3.66. The highest BCUT2D eigenvalue weighted by molar-refractivity contribution is 7.13. The van der Waals surface area contributed by atoms with E-state index >= 15 is 0 Å². The molecule has 0 saturated heterocycles. The van der Waals surface area contributed by atoms with Crippen molar-refractivity contribution < 1.29 is 0 Å².